The Bertz CT molecular complexity index is 405. The lowest BCUT2D eigenvalue weighted by atomic mass is 9.89. The summed E-state index contributed by atoms with van der Waals surface area (Å²) in [6.07, 6.45) is 5.07. The Kier molecular flexibility index (Phi) is 5.08. The maximum atomic E-state index is 12.7. The molecule has 3 heteroatoms. The van der Waals surface area contributed by atoms with Crippen molar-refractivity contribution in [2.45, 2.75) is 45.1 Å². The van der Waals surface area contributed by atoms with E-state index in [4.69, 9.17) is 4.74 Å². The van der Waals surface area contributed by atoms with Crippen molar-refractivity contribution in [1.82, 2.24) is 0 Å². The summed E-state index contributed by atoms with van der Waals surface area (Å²) < 4.78 is 18.4. The van der Waals surface area contributed by atoms with E-state index < -0.39 is 0 Å². The fourth-order valence-corrected chi connectivity index (χ4v) is 2.49. The van der Waals surface area contributed by atoms with Gasteiger partial charge in [-0.25, -0.2) is 4.39 Å². The molecule has 1 aromatic rings. The maximum Gasteiger partial charge on any atom is 0.162 e. The molecule has 1 aromatic carbocycles. The monoisotopic (exact) mass is 264 g/mol. The highest BCUT2D eigenvalue weighted by atomic mass is 19.1. The molecule has 2 rings (SSSR count). The van der Waals surface area contributed by atoms with Crippen molar-refractivity contribution in [2.75, 3.05) is 6.61 Å². The summed E-state index contributed by atoms with van der Waals surface area (Å²) in [5.41, 5.74) is 0.840. The average Bonchev–Trinajstić information content (AvgIpc) is 2.41. The van der Waals surface area contributed by atoms with Crippen LogP contribution in [0.2, 0.25) is 0 Å². The molecule has 0 spiro atoms. The van der Waals surface area contributed by atoms with Gasteiger partial charge in [-0.15, -0.1) is 0 Å². The number of carbonyl (C=O) groups is 1. The topological polar surface area (TPSA) is 26.3 Å². The van der Waals surface area contributed by atoms with Crippen molar-refractivity contribution < 1.29 is 13.9 Å². The van der Waals surface area contributed by atoms with Crippen LogP contribution in [0, 0.1) is 11.7 Å². The molecule has 0 N–H and O–H groups in total. The smallest absolute Gasteiger partial charge is 0.162 e. The van der Waals surface area contributed by atoms with Gasteiger partial charge >= 0.3 is 0 Å². The number of halogens is 1. The summed E-state index contributed by atoms with van der Waals surface area (Å²) in [6.45, 7) is 2.44. The SMILES string of the molecule is CC1CCC(OCC(=O)Cc2ccc(F)cc2)CC1. The van der Waals surface area contributed by atoms with Crippen molar-refractivity contribution in [3.05, 3.63) is 35.6 Å². The van der Waals surface area contributed by atoms with Gasteiger partial charge in [0, 0.05) is 6.42 Å². The highest BCUT2D eigenvalue weighted by molar-refractivity contribution is 5.82. The van der Waals surface area contributed by atoms with Crippen LogP contribution in [0.5, 0.6) is 0 Å². The normalized spacial score (nSPS) is 23.3. The van der Waals surface area contributed by atoms with E-state index in [9.17, 15) is 9.18 Å². The first-order chi connectivity index (χ1) is 9.13. The Morgan fingerprint density at radius 2 is 1.84 bits per heavy atom. The van der Waals surface area contributed by atoms with Crippen LogP contribution in [0.15, 0.2) is 24.3 Å². The van der Waals surface area contributed by atoms with Crippen molar-refractivity contribution in [2.24, 2.45) is 5.92 Å². The van der Waals surface area contributed by atoms with E-state index in [2.05, 4.69) is 6.92 Å². The van der Waals surface area contributed by atoms with Crippen LogP contribution in [0.4, 0.5) is 4.39 Å². The van der Waals surface area contributed by atoms with Crippen LogP contribution in [-0.4, -0.2) is 18.5 Å². The Morgan fingerprint density at radius 3 is 2.47 bits per heavy atom. The molecule has 0 heterocycles. The molecule has 0 radical (unpaired) electrons. The number of benzene rings is 1. The number of ether oxygens (including phenoxy) is 1. The van der Waals surface area contributed by atoms with Crippen LogP contribution in [0.25, 0.3) is 0 Å². The summed E-state index contributed by atoms with van der Waals surface area (Å²) in [5.74, 6) is 0.573. The molecule has 1 fully saturated rings. The van der Waals surface area contributed by atoms with E-state index in [0.29, 0.717) is 6.42 Å². The molecule has 0 bridgehead atoms. The third-order valence-corrected chi connectivity index (χ3v) is 3.76. The Labute approximate surface area is 114 Å². The maximum absolute atomic E-state index is 12.7. The molecule has 0 atom stereocenters. The average molecular weight is 264 g/mol. The third kappa shape index (κ3) is 4.75. The van der Waals surface area contributed by atoms with Gasteiger partial charge in [-0.05, 0) is 49.3 Å². The van der Waals surface area contributed by atoms with E-state index in [1.807, 2.05) is 0 Å². The number of carbonyl (C=O) groups excluding carboxylic acids is 1. The molecule has 0 aromatic heterocycles. The number of hydrogen-bond donors (Lipinski definition) is 0. The van der Waals surface area contributed by atoms with Gasteiger partial charge in [-0.2, -0.15) is 0 Å². The van der Waals surface area contributed by atoms with Gasteiger partial charge in [0.2, 0.25) is 0 Å². The summed E-state index contributed by atoms with van der Waals surface area (Å²) in [4.78, 5) is 11.8. The first-order valence-electron chi connectivity index (χ1n) is 7.01. The van der Waals surface area contributed by atoms with Crippen molar-refractivity contribution in [1.29, 1.82) is 0 Å². The predicted octanol–water partition coefficient (Wildman–Crippen LogP) is 3.53. The summed E-state index contributed by atoms with van der Waals surface area (Å²) in [7, 11) is 0. The van der Waals surface area contributed by atoms with Gasteiger partial charge in [0.15, 0.2) is 5.78 Å². The fraction of sp³-hybridized carbons (Fsp3) is 0.562. The second-order valence-corrected chi connectivity index (χ2v) is 5.53. The fourth-order valence-electron chi connectivity index (χ4n) is 2.49. The molecule has 1 aliphatic rings. The van der Waals surface area contributed by atoms with E-state index >= 15 is 0 Å². The molecule has 0 aliphatic heterocycles. The van der Waals surface area contributed by atoms with Gasteiger partial charge in [-0.1, -0.05) is 19.1 Å². The van der Waals surface area contributed by atoms with Gasteiger partial charge in [0.25, 0.3) is 0 Å². The Morgan fingerprint density at radius 1 is 1.21 bits per heavy atom. The molecule has 104 valence electrons. The third-order valence-electron chi connectivity index (χ3n) is 3.76. The lowest BCUT2D eigenvalue weighted by Gasteiger charge is -2.25. The number of ketones is 1. The molecule has 19 heavy (non-hydrogen) atoms. The predicted molar refractivity (Wildman–Crippen MR) is 72.5 cm³/mol. The summed E-state index contributed by atoms with van der Waals surface area (Å²) >= 11 is 0. The molecule has 0 saturated heterocycles. The molecule has 2 nitrogen and oxygen atoms in total. The van der Waals surface area contributed by atoms with Crippen molar-refractivity contribution in [3.63, 3.8) is 0 Å². The minimum Gasteiger partial charge on any atom is -0.370 e. The second-order valence-electron chi connectivity index (χ2n) is 5.53. The number of hydrogen-bond acceptors (Lipinski definition) is 2. The van der Waals surface area contributed by atoms with E-state index in [0.717, 1.165) is 24.3 Å². The highest BCUT2D eigenvalue weighted by Gasteiger charge is 2.19. The highest BCUT2D eigenvalue weighted by Crippen LogP contribution is 2.25. The van der Waals surface area contributed by atoms with Crippen LogP contribution in [-0.2, 0) is 16.0 Å². The first kappa shape index (κ1) is 14.2. The minimum atomic E-state index is -0.274. The van der Waals surface area contributed by atoms with Gasteiger partial charge in [-0.3, -0.25) is 4.79 Å². The van der Waals surface area contributed by atoms with Gasteiger partial charge in [0.1, 0.15) is 12.4 Å². The minimum absolute atomic E-state index is 0.0604. The van der Waals surface area contributed by atoms with Gasteiger partial charge < -0.3 is 4.74 Å². The van der Waals surface area contributed by atoms with Crippen molar-refractivity contribution >= 4 is 5.78 Å². The zero-order chi connectivity index (χ0) is 13.7. The summed E-state index contributed by atoms with van der Waals surface area (Å²) in [5, 5.41) is 0. The molecule has 1 saturated carbocycles. The molecular formula is C16H21FO2. The molecular weight excluding hydrogens is 243 g/mol. The molecule has 0 amide bonds. The quantitative estimate of drug-likeness (QED) is 0.813. The van der Waals surface area contributed by atoms with E-state index in [1.165, 1.54) is 25.0 Å². The summed E-state index contributed by atoms with van der Waals surface area (Å²) in [6, 6.07) is 6.06. The van der Waals surface area contributed by atoms with Crippen LogP contribution in [0.1, 0.15) is 38.2 Å². The van der Waals surface area contributed by atoms with Crippen LogP contribution >= 0.6 is 0 Å². The first-order valence-corrected chi connectivity index (χ1v) is 7.01. The Balaban J connectivity index is 1.71. The zero-order valence-corrected chi connectivity index (χ0v) is 11.4. The van der Waals surface area contributed by atoms with Crippen molar-refractivity contribution in [3.8, 4) is 0 Å². The number of Topliss-reactive ketones (excluding diaryl/α,β-unsaturated/α-hetero) is 1. The van der Waals surface area contributed by atoms with E-state index in [1.54, 1.807) is 12.1 Å². The largest absolute Gasteiger partial charge is 0.370 e. The standard InChI is InChI=1S/C16H21FO2/c1-12-2-8-16(9-3-12)19-11-15(18)10-13-4-6-14(17)7-5-13/h4-7,12,16H,2-3,8-11H2,1H3. The molecule has 0 unspecified atom stereocenters. The number of rotatable bonds is 5. The van der Waals surface area contributed by atoms with E-state index in [-0.39, 0.29) is 24.3 Å². The van der Waals surface area contributed by atoms with Crippen LogP contribution in [0.3, 0.4) is 0 Å². The zero-order valence-electron chi connectivity index (χ0n) is 11.4. The lowest BCUT2D eigenvalue weighted by molar-refractivity contribution is -0.125. The Hall–Kier alpha value is -1.22. The lowest BCUT2D eigenvalue weighted by Crippen LogP contribution is -2.24. The van der Waals surface area contributed by atoms with Crippen LogP contribution < -0.4 is 0 Å². The molecule has 1 aliphatic carbocycles. The second kappa shape index (κ2) is 6.80. The van der Waals surface area contributed by atoms with Gasteiger partial charge in [0.05, 0.1) is 6.10 Å².